The van der Waals surface area contributed by atoms with E-state index in [0.717, 1.165) is 19.3 Å². The Morgan fingerprint density at radius 2 is 1.82 bits per heavy atom. The lowest BCUT2D eigenvalue weighted by molar-refractivity contribution is -0.132. The van der Waals surface area contributed by atoms with E-state index >= 15 is 0 Å². The number of hydrogen-bond acceptors (Lipinski definition) is 6. The smallest absolute Gasteiger partial charge is 0.301 e. The fourth-order valence-electron chi connectivity index (χ4n) is 3.90. The predicted octanol–water partition coefficient (Wildman–Crippen LogP) is 5.32. The molecule has 7 nitrogen and oxygen atoms in total. The zero-order valence-electron chi connectivity index (χ0n) is 19.0. The van der Waals surface area contributed by atoms with Crippen LogP contribution < -0.4 is 9.64 Å². The summed E-state index contributed by atoms with van der Waals surface area (Å²) in [5.41, 5.74) is 0.676. The van der Waals surface area contributed by atoms with Gasteiger partial charge in [-0.3, -0.25) is 14.5 Å². The highest BCUT2D eigenvalue weighted by molar-refractivity contribution is 6.51. The Hall–Kier alpha value is -3.94. The molecule has 1 amide bonds. The standard InChI is InChI=1S/C26H25FN2O5/c1-3-4-5-14-33-20-12-8-17(9-13-20)23-22(24(30)18-6-10-19(27)11-7-18)25(31)26(32)29(23)21-15-16(2)34-28-21/h6-13,15,23,30H,3-5,14H2,1-2H3/b24-22+. The SMILES string of the molecule is CCCCCOc1ccc(C2/C(=C(\O)c3ccc(F)cc3)C(=O)C(=O)N2c2cc(C)on2)cc1. The van der Waals surface area contributed by atoms with Gasteiger partial charge in [-0.25, -0.2) is 4.39 Å². The van der Waals surface area contributed by atoms with Crippen molar-refractivity contribution in [1.82, 2.24) is 5.16 Å². The minimum atomic E-state index is -0.955. The van der Waals surface area contributed by atoms with Gasteiger partial charge >= 0.3 is 5.91 Å². The summed E-state index contributed by atoms with van der Waals surface area (Å²) in [5.74, 6) is -1.32. The van der Waals surface area contributed by atoms with Crippen LogP contribution in [0.25, 0.3) is 5.76 Å². The van der Waals surface area contributed by atoms with Crippen molar-refractivity contribution in [2.45, 2.75) is 39.2 Å². The lowest BCUT2D eigenvalue weighted by atomic mass is 9.95. The maximum Gasteiger partial charge on any atom is 0.301 e. The molecule has 1 aliphatic rings. The first-order valence-electron chi connectivity index (χ1n) is 11.1. The van der Waals surface area contributed by atoms with Crippen LogP contribution in [0.5, 0.6) is 5.75 Å². The van der Waals surface area contributed by atoms with Crippen LogP contribution in [0.3, 0.4) is 0 Å². The summed E-state index contributed by atoms with van der Waals surface area (Å²) < 4.78 is 24.3. The molecule has 3 aromatic rings. The summed E-state index contributed by atoms with van der Waals surface area (Å²) in [5, 5.41) is 14.9. The molecule has 0 spiro atoms. The normalized spacial score (nSPS) is 17.4. The Morgan fingerprint density at radius 1 is 1.12 bits per heavy atom. The number of hydrogen-bond donors (Lipinski definition) is 1. The molecule has 8 heteroatoms. The Labute approximate surface area is 196 Å². The largest absolute Gasteiger partial charge is 0.507 e. The van der Waals surface area contributed by atoms with Gasteiger partial charge in [0.1, 0.15) is 23.1 Å². The van der Waals surface area contributed by atoms with Crippen molar-refractivity contribution in [3.05, 3.63) is 82.9 Å². The number of unbranched alkanes of at least 4 members (excludes halogenated alkanes) is 2. The lowest BCUT2D eigenvalue weighted by Gasteiger charge is -2.23. The third-order valence-electron chi connectivity index (χ3n) is 5.64. The number of ketones is 1. The Bertz CT molecular complexity index is 1210. The van der Waals surface area contributed by atoms with Gasteiger partial charge in [0.25, 0.3) is 5.78 Å². The fourth-order valence-corrected chi connectivity index (χ4v) is 3.90. The number of benzene rings is 2. The zero-order chi connectivity index (χ0) is 24.2. The number of aromatic nitrogens is 1. The number of amides is 1. The van der Waals surface area contributed by atoms with E-state index in [-0.39, 0.29) is 17.0 Å². The van der Waals surface area contributed by atoms with Crippen molar-refractivity contribution >= 4 is 23.3 Å². The summed E-state index contributed by atoms with van der Waals surface area (Å²) in [6, 6.07) is 12.6. The maximum atomic E-state index is 13.4. The van der Waals surface area contributed by atoms with Gasteiger partial charge in [0, 0.05) is 11.6 Å². The van der Waals surface area contributed by atoms with Crippen molar-refractivity contribution in [1.29, 1.82) is 0 Å². The molecule has 1 saturated heterocycles. The van der Waals surface area contributed by atoms with Crippen molar-refractivity contribution in [3.8, 4) is 5.75 Å². The van der Waals surface area contributed by atoms with Crippen LogP contribution in [0, 0.1) is 12.7 Å². The van der Waals surface area contributed by atoms with Crippen LogP contribution in [0.4, 0.5) is 10.2 Å². The van der Waals surface area contributed by atoms with E-state index in [1.807, 2.05) is 0 Å². The van der Waals surface area contributed by atoms with E-state index in [4.69, 9.17) is 9.26 Å². The molecular weight excluding hydrogens is 439 g/mol. The maximum absolute atomic E-state index is 13.4. The van der Waals surface area contributed by atoms with Gasteiger partial charge in [0.15, 0.2) is 5.82 Å². The molecule has 1 atom stereocenters. The van der Waals surface area contributed by atoms with Gasteiger partial charge in [-0.2, -0.15) is 0 Å². The topological polar surface area (TPSA) is 92.9 Å². The summed E-state index contributed by atoms with van der Waals surface area (Å²) >= 11 is 0. The van der Waals surface area contributed by atoms with E-state index in [2.05, 4.69) is 12.1 Å². The number of Topliss-reactive ketones (excluding diaryl/α,β-unsaturated/α-hetero) is 1. The Kier molecular flexibility index (Phi) is 6.77. The number of carbonyl (C=O) groups excluding carboxylic acids is 2. The Morgan fingerprint density at radius 3 is 2.44 bits per heavy atom. The van der Waals surface area contributed by atoms with Crippen LogP contribution in [-0.4, -0.2) is 28.6 Å². The van der Waals surface area contributed by atoms with Gasteiger partial charge in [0.2, 0.25) is 0 Å². The van der Waals surface area contributed by atoms with Crippen molar-refractivity contribution in [2.24, 2.45) is 0 Å². The monoisotopic (exact) mass is 464 g/mol. The molecule has 2 heterocycles. The van der Waals surface area contributed by atoms with Gasteiger partial charge in [0.05, 0.1) is 18.2 Å². The van der Waals surface area contributed by atoms with Crippen LogP contribution in [0.15, 0.2) is 64.7 Å². The number of ether oxygens (including phenoxy) is 1. The molecule has 1 fully saturated rings. The van der Waals surface area contributed by atoms with Gasteiger partial charge in [-0.05, 0) is 55.3 Å². The minimum absolute atomic E-state index is 0.117. The number of anilines is 1. The molecule has 0 radical (unpaired) electrons. The number of carbonyl (C=O) groups is 2. The lowest BCUT2D eigenvalue weighted by Crippen LogP contribution is -2.29. The molecule has 4 rings (SSSR count). The number of halogens is 1. The first-order chi connectivity index (χ1) is 16.4. The second-order valence-electron chi connectivity index (χ2n) is 8.10. The van der Waals surface area contributed by atoms with Crippen molar-refractivity contribution in [2.75, 3.05) is 11.5 Å². The highest BCUT2D eigenvalue weighted by Gasteiger charge is 2.48. The molecule has 1 N–H and O–H groups in total. The van der Waals surface area contributed by atoms with Crippen molar-refractivity contribution in [3.63, 3.8) is 0 Å². The molecule has 0 bridgehead atoms. The van der Waals surface area contributed by atoms with E-state index < -0.39 is 29.3 Å². The first-order valence-corrected chi connectivity index (χ1v) is 11.1. The summed E-state index contributed by atoms with van der Waals surface area (Å²) in [4.78, 5) is 27.3. The minimum Gasteiger partial charge on any atom is -0.507 e. The van der Waals surface area contributed by atoms with E-state index in [1.165, 1.54) is 29.2 Å². The second kappa shape index (κ2) is 9.91. The zero-order valence-corrected chi connectivity index (χ0v) is 19.0. The highest BCUT2D eigenvalue weighted by Crippen LogP contribution is 2.42. The molecule has 176 valence electrons. The molecule has 0 aliphatic carbocycles. The summed E-state index contributed by atoms with van der Waals surface area (Å²) in [6.07, 6.45) is 3.12. The summed E-state index contributed by atoms with van der Waals surface area (Å²) in [7, 11) is 0. The van der Waals surface area contributed by atoms with Crippen LogP contribution >= 0.6 is 0 Å². The Balaban J connectivity index is 1.76. The average molecular weight is 464 g/mol. The number of aryl methyl sites for hydroxylation is 1. The molecule has 2 aromatic carbocycles. The van der Waals surface area contributed by atoms with Crippen LogP contribution in [0.2, 0.25) is 0 Å². The highest BCUT2D eigenvalue weighted by atomic mass is 19.1. The summed E-state index contributed by atoms with van der Waals surface area (Å²) in [6.45, 7) is 4.38. The van der Waals surface area contributed by atoms with Gasteiger partial charge < -0.3 is 14.4 Å². The number of aliphatic hydroxyl groups excluding tert-OH is 1. The van der Waals surface area contributed by atoms with E-state index in [0.29, 0.717) is 23.7 Å². The number of rotatable bonds is 8. The van der Waals surface area contributed by atoms with Crippen LogP contribution in [0.1, 0.15) is 49.1 Å². The third-order valence-corrected chi connectivity index (χ3v) is 5.64. The van der Waals surface area contributed by atoms with E-state index in [1.54, 1.807) is 37.3 Å². The molecule has 1 unspecified atom stereocenters. The molecule has 34 heavy (non-hydrogen) atoms. The van der Waals surface area contributed by atoms with Crippen molar-refractivity contribution < 1.29 is 28.3 Å². The number of nitrogens with zero attached hydrogens (tertiary/aromatic N) is 2. The van der Waals surface area contributed by atoms with E-state index in [9.17, 15) is 19.1 Å². The fraction of sp³-hybridized carbons (Fsp3) is 0.269. The average Bonchev–Trinajstić information content (AvgIpc) is 3.37. The third kappa shape index (κ3) is 4.57. The molecule has 1 aromatic heterocycles. The molecule has 1 aliphatic heterocycles. The number of aliphatic hydroxyl groups is 1. The molecule has 0 saturated carbocycles. The van der Waals surface area contributed by atoms with Crippen LogP contribution in [-0.2, 0) is 9.59 Å². The first kappa shape index (κ1) is 23.2. The predicted molar refractivity (Wildman–Crippen MR) is 124 cm³/mol. The molecular formula is C26H25FN2O5. The van der Waals surface area contributed by atoms with Gasteiger partial charge in [-0.1, -0.05) is 37.1 Å². The quantitative estimate of drug-likeness (QED) is 0.210. The second-order valence-corrected chi connectivity index (χ2v) is 8.10. The van der Waals surface area contributed by atoms with Gasteiger partial charge in [-0.15, -0.1) is 0 Å².